The summed E-state index contributed by atoms with van der Waals surface area (Å²) in [5.74, 6) is 0. The molecule has 0 fully saturated rings. The molecule has 0 N–H and O–H groups in total. The van der Waals surface area contributed by atoms with E-state index in [4.69, 9.17) is 0 Å². The molecule has 0 aromatic heterocycles. The largest absolute Gasteiger partial charge is 5.00 e. The fourth-order valence-corrected chi connectivity index (χ4v) is 1.02. The van der Waals surface area contributed by atoms with Gasteiger partial charge >= 0.3 is 18.6 Å². The van der Waals surface area contributed by atoms with Crippen molar-refractivity contribution < 1.29 is 67.8 Å². The molecule has 0 amide bonds. The third kappa shape index (κ3) is 104. The van der Waals surface area contributed by atoms with Gasteiger partial charge in [-0.1, -0.05) is 0 Å². The fourth-order valence-electron chi connectivity index (χ4n) is 1.02. The first kappa shape index (κ1) is 44.8. The third-order valence-electron chi connectivity index (χ3n) is 2.46. The Hall–Kier alpha value is 0.184. The minimum atomic E-state index is -0.0200. The topological polar surface area (TPSA) is 161 Å². The van der Waals surface area contributed by atoms with Crippen molar-refractivity contribution in [1.29, 1.82) is 0 Å². The molecule has 190 valence electrons. The quantitative estimate of drug-likeness (QED) is 0.213. The summed E-state index contributed by atoms with van der Waals surface area (Å²) in [5.41, 5.74) is 0. The number of methoxy groups -OCH3 is 5. The van der Waals surface area contributed by atoms with Crippen molar-refractivity contribution in [2.45, 2.75) is 32.1 Å². The van der Waals surface area contributed by atoms with Gasteiger partial charge in [-0.25, -0.2) is 0 Å². The van der Waals surface area contributed by atoms with Crippen LogP contribution in [-0.2, 0) is 42.2 Å². The Balaban J connectivity index is -0.0000000625. The fraction of sp³-hybridized carbons (Fsp3) is 1.00. The summed E-state index contributed by atoms with van der Waals surface area (Å²) < 4.78 is 22.9. The van der Waals surface area contributed by atoms with Crippen LogP contribution in [0.5, 0.6) is 0 Å². The van der Waals surface area contributed by atoms with E-state index in [2.05, 4.69) is 23.7 Å². The Morgan fingerprint density at radius 1 is 0.355 bits per heavy atom. The number of hydrogen-bond acceptors (Lipinski definition) is 10. The van der Waals surface area contributed by atoms with Crippen molar-refractivity contribution in [3.63, 3.8) is 0 Å². The predicted molar refractivity (Wildman–Crippen MR) is 107 cm³/mol. The molecule has 0 rings (SSSR count). The van der Waals surface area contributed by atoms with Crippen LogP contribution in [0.15, 0.2) is 0 Å². The first-order valence-corrected chi connectivity index (χ1v) is 9.93. The molecule has 0 aromatic carbocycles. The Bertz CT molecular complexity index is 140. The molecule has 0 unspecified atom stereocenters. The van der Waals surface area contributed by atoms with Gasteiger partial charge in [-0.05, 0) is 32.1 Å². The van der Waals surface area contributed by atoms with E-state index in [9.17, 15) is 25.5 Å². The first-order chi connectivity index (χ1) is 14.6. The van der Waals surface area contributed by atoms with Gasteiger partial charge in [-0.2, -0.15) is 0 Å². The average Bonchev–Trinajstić information content (AvgIpc) is 2.78. The van der Waals surface area contributed by atoms with E-state index >= 15 is 0 Å². The summed E-state index contributed by atoms with van der Waals surface area (Å²) in [6, 6.07) is 0. The van der Waals surface area contributed by atoms with Gasteiger partial charge in [0, 0.05) is 68.6 Å². The third-order valence-corrected chi connectivity index (χ3v) is 2.46. The molecular weight excluding hydrogens is 451 g/mol. The second kappa shape index (κ2) is 63.1. The van der Waals surface area contributed by atoms with Crippen molar-refractivity contribution in [2.24, 2.45) is 0 Å². The summed E-state index contributed by atoms with van der Waals surface area (Å²) >= 11 is 0. The summed E-state index contributed by atoms with van der Waals surface area (Å²) in [5, 5.41) is 48.0. The van der Waals surface area contributed by atoms with Crippen LogP contribution >= 0.6 is 0 Å². The van der Waals surface area contributed by atoms with Crippen LogP contribution in [0.1, 0.15) is 32.1 Å². The van der Waals surface area contributed by atoms with Crippen LogP contribution in [0.25, 0.3) is 0 Å². The molecule has 0 aliphatic rings. The van der Waals surface area contributed by atoms with Crippen LogP contribution in [0.3, 0.4) is 0 Å². The molecule has 11 heteroatoms. The zero-order chi connectivity index (χ0) is 24.1. The predicted octanol–water partition coefficient (Wildman–Crippen LogP) is -3.09. The summed E-state index contributed by atoms with van der Waals surface area (Å²) in [4.78, 5) is 0. The van der Waals surface area contributed by atoms with E-state index in [1.54, 1.807) is 35.5 Å². The van der Waals surface area contributed by atoms with Gasteiger partial charge < -0.3 is 49.2 Å². The maximum absolute atomic E-state index is 9.61. The van der Waals surface area contributed by atoms with Gasteiger partial charge in [0.25, 0.3) is 0 Å². The SMILES string of the molecule is COCCC[O-].COCCC[O-].COCCC[O-].COCCC[O-].COCCC[O-].[V+5]. The normalized spacial score (nSPS) is 8.71. The molecule has 0 heterocycles. The molecular formula is C20H45O10V. The summed E-state index contributed by atoms with van der Waals surface area (Å²) in [6.07, 6.45) is 3.18. The zero-order valence-corrected chi connectivity index (χ0v) is 21.5. The molecule has 0 radical (unpaired) electrons. The second-order valence-electron chi connectivity index (χ2n) is 5.25. The Morgan fingerprint density at radius 3 is 0.516 bits per heavy atom. The van der Waals surface area contributed by atoms with Crippen LogP contribution in [0.4, 0.5) is 0 Å². The van der Waals surface area contributed by atoms with Crippen LogP contribution in [-0.4, -0.2) is 102 Å². The molecule has 0 saturated carbocycles. The minimum absolute atomic E-state index is 0. The first-order valence-electron chi connectivity index (χ1n) is 9.93. The van der Waals surface area contributed by atoms with Crippen LogP contribution in [0, 0.1) is 0 Å². The van der Waals surface area contributed by atoms with E-state index in [0.717, 1.165) is 0 Å². The zero-order valence-electron chi connectivity index (χ0n) is 20.1. The maximum Gasteiger partial charge on any atom is 5.00 e. The van der Waals surface area contributed by atoms with Crippen molar-refractivity contribution >= 4 is 0 Å². The smallest absolute Gasteiger partial charge is 0.854 e. The van der Waals surface area contributed by atoms with Crippen molar-refractivity contribution in [3.8, 4) is 0 Å². The van der Waals surface area contributed by atoms with E-state index in [0.29, 0.717) is 65.1 Å². The molecule has 0 saturated heterocycles. The van der Waals surface area contributed by atoms with E-state index in [1.807, 2.05) is 0 Å². The number of ether oxygens (including phenoxy) is 5. The molecule has 0 aliphatic heterocycles. The number of hydrogen-bond donors (Lipinski definition) is 0. The minimum Gasteiger partial charge on any atom is -0.854 e. The monoisotopic (exact) mass is 496 g/mol. The summed E-state index contributed by atoms with van der Waals surface area (Å²) in [7, 11) is 7.96. The Kier molecular flexibility index (Phi) is 91.2. The molecule has 10 nitrogen and oxygen atoms in total. The van der Waals surface area contributed by atoms with Gasteiger partial charge in [0.1, 0.15) is 0 Å². The Labute approximate surface area is 201 Å². The van der Waals surface area contributed by atoms with Gasteiger partial charge in [0.15, 0.2) is 0 Å². The van der Waals surface area contributed by atoms with Crippen LogP contribution < -0.4 is 25.5 Å². The maximum atomic E-state index is 9.61. The van der Waals surface area contributed by atoms with Crippen molar-refractivity contribution in [2.75, 3.05) is 102 Å². The van der Waals surface area contributed by atoms with Crippen molar-refractivity contribution in [3.05, 3.63) is 0 Å². The molecule has 0 aromatic rings. The molecule has 0 spiro atoms. The standard InChI is InChI=1S/5C4H9O2.V/c5*1-6-4-2-3-5;/h5*2-4H2,1H3;/q5*-1;+5. The van der Waals surface area contributed by atoms with Crippen LogP contribution in [0.2, 0.25) is 0 Å². The molecule has 0 atom stereocenters. The van der Waals surface area contributed by atoms with Crippen molar-refractivity contribution in [1.82, 2.24) is 0 Å². The molecule has 0 aliphatic carbocycles. The van der Waals surface area contributed by atoms with E-state index in [-0.39, 0.29) is 51.6 Å². The van der Waals surface area contributed by atoms with Gasteiger partial charge in [0.2, 0.25) is 0 Å². The van der Waals surface area contributed by atoms with E-state index < -0.39 is 0 Å². The molecule has 31 heavy (non-hydrogen) atoms. The van der Waals surface area contributed by atoms with Gasteiger partial charge in [0.05, 0.1) is 0 Å². The van der Waals surface area contributed by atoms with Gasteiger partial charge in [-0.15, -0.1) is 33.0 Å². The Morgan fingerprint density at radius 2 is 0.484 bits per heavy atom. The van der Waals surface area contributed by atoms with E-state index in [1.165, 1.54) is 0 Å². The summed E-state index contributed by atoms with van der Waals surface area (Å²) in [6.45, 7) is 2.90. The number of rotatable bonds is 15. The molecule has 0 bridgehead atoms. The average molecular weight is 497 g/mol. The van der Waals surface area contributed by atoms with Gasteiger partial charge in [-0.3, -0.25) is 0 Å². The second-order valence-corrected chi connectivity index (χ2v) is 5.25.